The minimum absolute atomic E-state index is 0.365. The average Bonchev–Trinajstić information content (AvgIpc) is 2.36. The van der Waals surface area contributed by atoms with E-state index in [-0.39, 0.29) is 5.97 Å². The molecular formula is C7H9NO3. The van der Waals surface area contributed by atoms with E-state index in [1.807, 2.05) is 0 Å². The van der Waals surface area contributed by atoms with Gasteiger partial charge in [0.1, 0.15) is 11.8 Å². The number of esters is 1. The second-order valence-electron chi connectivity index (χ2n) is 2.03. The van der Waals surface area contributed by atoms with Gasteiger partial charge in [0, 0.05) is 0 Å². The predicted octanol–water partition coefficient (Wildman–Crippen LogP) is 1.16. The van der Waals surface area contributed by atoms with Crippen LogP contribution in [0.25, 0.3) is 0 Å². The van der Waals surface area contributed by atoms with Gasteiger partial charge in [0.2, 0.25) is 0 Å². The van der Waals surface area contributed by atoms with E-state index < -0.39 is 0 Å². The summed E-state index contributed by atoms with van der Waals surface area (Å²) in [5.74, 6) is -0.383. The second-order valence-corrected chi connectivity index (χ2v) is 2.03. The molecule has 0 aliphatic heterocycles. The molecule has 1 aromatic rings. The summed E-state index contributed by atoms with van der Waals surface area (Å²) >= 11 is 0. The molecule has 1 heterocycles. The molecule has 0 unspecified atom stereocenters. The van der Waals surface area contributed by atoms with Gasteiger partial charge in [0.25, 0.3) is 0 Å². The lowest BCUT2D eigenvalue weighted by molar-refractivity contribution is 0.0525. The molecular weight excluding hydrogens is 146 g/mol. The first kappa shape index (κ1) is 7.78. The van der Waals surface area contributed by atoms with Gasteiger partial charge in [-0.1, -0.05) is 5.16 Å². The minimum Gasteiger partial charge on any atom is -0.462 e. The summed E-state index contributed by atoms with van der Waals surface area (Å²) in [5, 5.41) is 3.54. The van der Waals surface area contributed by atoms with Crippen molar-refractivity contribution < 1.29 is 14.1 Å². The van der Waals surface area contributed by atoms with Crippen LogP contribution in [0.15, 0.2) is 10.8 Å². The molecule has 0 amide bonds. The van der Waals surface area contributed by atoms with Crippen molar-refractivity contribution in [2.24, 2.45) is 0 Å². The molecule has 0 aliphatic rings. The lowest BCUT2D eigenvalue weighted by atomic mass is 10.3. The Morgan fingerprint density at radius 1 is 1.82 bits per heavy atom. The van der Waals surface area contributed by atoms with Crippen molar-refractivity contribution in [3.8, 4) is 0 Å². The van der Waals surface area contributed by atoms with E-state index >= 15 is 0 Å². The summed E-state index contributed by atoms with van der Waals surface area (Å²) in [6.07, 6.45) is 1.29. The maximum absolute atomic E-state index is 11.0. The molecule has 4 heteroatoms. The fraction of sp³-hybridized carbons (Fsp3) is 0.429. The van der Waals surface area contributed by atoms with Crippen molar-refractivity contribution in [2.45, 2.75) is 13.8 Å². The summed E-state index contributed by atoms with van der Waals surface area (Å²) in [4.78, 5) is 11.0. The van der Waals surface area contributed by atoms with E-state index in [0.29, 0.717) is 17.9 Å². The number of hydrogen-bond acceptors (Lipinski definition) is 4. The topological polar surface area (TPSA) is 52.3 Å². The van der Waals surface area contributed by atoms with Crippen LogP contribution in [0.5, 0.6) is 0 Å². The molecule has 0 radical (unpaired) electrons. The van der Waals surface area contributed by atoms with Crippen LogP contribution >= 0.6 is 0 Å². The van der Waals surface area contributed by atoms with E-state index in [4.69, 9.17) is 4.74 Å². The fourth-order valence-corrected chi connectivity index (χ4v) is 0.697. The van der Waals surface area contributed by atoms with Crippen LogP contribution < -0.4 is 0 Å². The van der Waals surface area contributed by atoms with Crippen LogP contribution in [0.3, 0.4) is 0 Å². The molecule has 1 aromatic heterocycles. The Hall–Kier alpha value is -1.32. The van der Waals surface area contributed by atoms with Gasteiger partial charge in [0.15, 0.2) is 0 Å². The first-order chi connectivity index (χ1) is 5.25. The third-order valence-electron chi connectivity index (χ3n) is 1.25. The zero-order chi connectivity index (χ0) is 8.27. The van der Waals surface area contributed by atoms with Gasteiger partial charge < -0.3 is 9.26 Å². The molecule has 0 bridgehead atoms. The van der Waals surface area contributed by atoms with Gasteiger partial charge in [-0.2, -0.15) is 0 Å². The number of nitrogens with zero attached hydrogens (tertiary/aromatic N) is 1. The largest absolute Gasteiger partial charge is 0.462 e. The maximum atomic E-state index is 11.0. The average molecular weight is 155 g/mol. The highest BCUT2D eigenvalue weighted by atomic mass is 16.5. The molecule has 0 atom stereocenters. The minimum atomic E-state index is -0.383. The highest BCUT2D eigenvalue weighted by Crippen LogP contribution is 2.05. The quantitative estimate of drug-likeness (QED) is 0.601. The molecule has 0 spiro atoms. The van der Waals surface area contributed by atoms with Crippen LogP contribution in [0, 0.1) is 6.92 Å². The second kappa shape index (κ2) is 3.18. The third-order valence-corrected chi connectivity index (χ3v) is 1.25. The van der Waals surface area contributed by atoms with Gasteiger partial charge in [-0.15, -0.1) is 0 Å². The van der Waals surface area contributed by atoms with E-state index in [9.17, 15) is 4.79 Å². The number of carbonyl (C=O) groups excluding carboxylic acids is 1. The summed E-state index contributed by atoms with van der Waals surface area (Å²) in [5.41, 5.74) is 0.954. The van der Waals surface area contributed by atoms with Gasteiger partial charge in [-0.25, -0.2) is 4.79 Å². The van der Waals surface area contributed by atoms with Crippen LogP contribution in [0.1, 0.15) is 23.0 Å². The van der Waals surface area contributed by atoms with Crippen molar-refractivity contribution in [3.05, 3.63) is 17.5 Å². The Bertz CT molecular complexity index is 254. The van der Waals surface area contributed by atoms with Gasteiger partial charge in [0.05, 0.1) is 12.3 Å². The van der Waals surface area contributed by atoms with Crippen molar-refractivity contribution in [1.82, 2.24) is 5.16 Å². The predicted molar refractivity (Wildman–Crippen MR) is 37.2 cm³/mol. The maximum Gasteiger partial charge on any atom is 0.343 e. The molecule has 4 nitrogen and oxygen atoms in total. The lowest BCUT2D eigenvalue weighted by Crippen LogP contribution is -2.04. The van der Waals surface area contributed by atoms with E-state index in [1.165, 1.54) is 6.26 Å². The summed E-state index contributed by atoms with van der Waals surface area (Å²) in [6.45, 7) is 3.81. The Morgan fingerprint density at radius 3 is 3.00 bits per heavy atom. The van der Waals surface area contributed by atoms with Crippen LogP contribution in [0.2, 0.25) is 0 Å². The monoisotopic (exact) mass is 155 g/mol. The summed E-state index contributed by atoms with van der Waals surface area (Å²) in [6, 6.07) is 0. The number of ether oxygens (including phenoxy) is 1. The van der Waals surface area contributed by atoms with Crippen molar-refractivity contribution >= 4 is 5.97 Å². The molecule has 0 N–H and O–H groups in total. The molecule has 0 saturated carbocycles. The van der Waals surface area contributed by atoms with Gasteiger partial charge in [-0.3, -0.25) is 0 Å². The zero-order valence-corrected chi connectivity index (χ0v) is 6.46. The highest BCUT2D eigenvalue weighted by molar-refractivity contribution is 5.89. The molecule has 11 heavy (non-hydrogen) atoms. The fourth-order valence-electron chi connectivity index (χ4n) is 0.697. The Kier molecular flexibility index (Phi) is 2.25. The molecule has 1 rings (SSSR count). The first-order valence-corrected chi connectivity index (χ1v) is 3.33. The van der Waals surface area contributed by atoms with Crippen molar-refractivity contribution in [3.63, 3.8) is 0 Å². The molecule has 0 fully saturated rings. The van der Waals surface area contributed by atoms with Crippen LogP contribution in [-0.2, 0) is 4.74 Å². The normalized spacial score (nSPS) is 9.64. The smallest absolute Gasteiger partial charge is 0.343 e. The first-order valence-electron chi connectivity index (χ1n) is 3.33. The SMILES string of the molecule is CCOC(=O)c1conc1C. The Morgan fingerprint density at radius 2 is 2.55 bits per heavy atom. The molecule has 0 saturated heterocycles. The van der Waals surface area contributed by atoms with Crippen LogP contribution in [-0.4, -0.2) is 17.7 Å². The standard InChI is InChI=1S/C7H9NO3/c1-3-10-7(9)6-4-11-8-5(6)2/h4H,3H2,1-2H3. The molecule has 0 aromatic carbocycles. The number of hydrogen-bond donors (Lipinski definition) is 0. The van der Waals surface area contributed by atoms with Crippen LogP contribution in [0.4, 0.5) is 0 Å². The summed E-state index contributed by atoms with van der Waals surface area (Å²) < 4.78 is 9.29. The number of carbonyl (C=O) groups is 1. The lowest BCUT2D eigenvalue weighted by Gasteiger charge is -1.96. The third kappa shape index (κ3) is 1.58. The number of rotatable bonds is 2. The summed E-state index contributed by atoms with van der Waals surface area (Å²) in [7, 11) is 0. The molecule has 60 valence electrons. The van der Waals surface area contributed by atoms with Gasteiger partial charge in [-0.05, 0) is 13.8 Å². The van der Waals surface area contributed by atoms with Crippen molar-refractivity contribution in [1.29, 1.82) is 0 Å². The van der Waals surface area contributed by atoms with E-state index in [1.54, 1.807) is 13.8 Å². The zero-order valence-electron chi connectivity index (χ0n) is 6.46. The Labute approximate surface area is 64.1 Å². The molecule has 0 aliphatic carbocycles. The van der Waals surface area contributed by atoms with Gasteiger partial charge >= 0.3 is 5.97 Å². The highest BCUT2D eigenvalue weighted by Gasteiger charge is 2.12. The van der Waals surface area contributed by atoms with E-state index in [2.05, 4.69) is 9.68 Å². The van der Waals surface area contributed by atoms with Crippen molar-refractivity contribution in [2.75, 3.05) is 6.61 Å². The Balaban J connectivity index is 2.76. The van der Waals surface area contributed by atoms with E-state index in [0.717, 1.165) is 0 Å². The number of aryl methyl sites for hydroxylation is 1. The number of aromatic nitrogens is 1.